The fraction of sp³-hybridized carbons (Fsp3) is 0.957. The fourth-order valence-corrected chi connectivity index (χ4v) is 8.64. The van der Waals surface area contributed by atoms with Gasteiger partial charge in [0.25, 0.3) is 0 Å². The third kappa shape index (κ3) is 2.48. The monoisotopic (exact) mass is 376 g/mol. The maximum Gasteiger partial charge on any atom is 0.169 e. The van der Waals surface area contributed by atoms with Crippen LogP contribution in [0.2, 0.25) is 0 Å². The number of hydrogen-bond acceptors (Lipinski definition) is 4. The zero-order valence-corrected chi connectivity index (χ0v) is 17.2. The van der Waals surface area contributed by atoms with E-state index in [4.69, 9.17) is 9.47 Å². The van der Waals surface area contributed by atoms with E-state index in [0.29, 0.717) is 49.1 Å². The van der Waals surface area contributed by atoms with E-state index in [1.165, 1.54) is 12.8 Å². The lowest BCUT2D eigenvalue weighted by Gasteiger charge is -2.60. The van der Waals surface area contributed by atoms with Gasteiger partial charge in [0.15, 0.2) is 5.79 Å². The van der Waals surface area contributed by atoms with Crippen molar-refractivity contribution in [3.05, 3.63) is 0 Å². The van der Waals surface area contributed by atoms with Crippen LogP contribution in [0.15, 0.2) is 0 Å². The lowest BCUT2D eigenvalue weighted by molar-refractivity contribution is -0.216. The predicted molar refractivity (Wildman–Crippen MR) is 102 cm³/mol. The van der Waals surface area contributed by atoms with Crippen molar-refractivity contribution in [1.82, 2.24) is 0 Å². The average Bonchev–Trinajstić information content (AvgIpc) is 3.19. The Morgan fingerprint density at radius 1 is 0.963 bits per heavy atom. The first-order valence-corrected chi connectivity index (χ1v) is 11.3. The van der Waals surface area contributed by atoms with Crippen LogP contribution in [0, 0.1) is 40.4 Å². The Hall–Kier alpha value is -0.450. The number of hydrogen-bond donors (Lipinski definition) is 1. The van der Waals surface area contributed by atoms with Gasteiger partial charge in [-0.15, -0.1) is 0 Å². The summed E-state index contributed by atoms with van der Waals surface area (Å²) in [6, 6.07) is 0. The molecule has 4 saturated carbocycles. The van der Waals surface area contributed by atoms with Gasteiger partial charge >= 0.3 is 0 Å². The molecule has 152 valence electrons. The highest BCUT2D eigenvalue weighted by atomic mass is 16.7. The molecule has 1 saturated heterocycles. The Kier molecular flexibility index (Phi) is 4.14. The number of aliphatic hydroxyl groups is 1. The van der Waals surface area contributed by atoms with E-state index in [-0.39, 0.29) is 22.9 Å². The maximum absolute atomic E-state index is 13.6. The van der Waals surface area contributed by atoms with Crippen molar-refractivity contribution in [2.24, 2.45) is 40.4 Å². The fourth-order valence-electron chi connectivity index (χ4n) is 8.64. The molecular weight excluding hydrogens is 340 g/mol. The molecule has 0 bridgehead atoms. The van der Waals surface area contributed by atoms with Crippen LogP contribution in [-0.4, -0.2) is 36.0 Å². The minimum Gasteiger partial charge on any atom is -0.393 e. The van der Waals surface area contributed by atoms with Crippen LogP contribution < -0.4 is 0 Å². The summed E-state index contributed by atoms with van der Waals surface area (Å²) in [6.45, 7) is 8.19. The Labute approximate surface area is 163 Å². The molecule has 0 aromatic heterocycles. The molecule has 0 aromatic rings. The van der Waals surface area contributed by atoms with Crippen LogP contribution in [0.5, 0.6) is 0 Å². The van der Waals surface area contributed by atoms with E-state index in [1.54, 1.807) is 0 Å². The highest BCUT2D eigenvalue weighted by molar-refractivity contribution is 5.84. The molecule has 1 aliphatic heterocycles. The van der Waals surface area contributed by atoms with E-state index in [9.17, 15) is 9.90 Å². The minimum absolute atomic E-state index is 0.00865. The molecule has 0 aromatic carbocycles. The molecule has 0 unspecified atom stereocenters. The summed E-state index contributed by atoms with van der Waals surface area (Å²) in [6.07, 6.45) is 7.99. The molecule has 8 atom stereocenters. The van der Waals surface area contributed by atoms with E-state index in [0.717, 1.165) is 32.1 Å². The van der Waals surface area contributed by atoms with Gasteiger partial charge in [-0.3, -0.25) is 4.79 Å². The smallest absolute Gasteiger partial charge is 0.169 e. The lowest BCUT2D eigenvalue weighted by atomic mass is 9.44. The Morgan fingerprint density at radius 2 is 1.70 bits per heavy atom. The van der Waals surface area contributed by atoms with Gasteiger partial charge in [-0.2, -0.15) is 0 Å². The molecule has 5 aliphatic rings. The lowest BCUT2D eigenvalue weighted by Crippen LogP contribution is -2.59. The van der Waals surface area contributed by atoms with Gasteiger partial charge in [-0.05, 0) is 80.5 Å². The van der Waals surface area contributed by atoms with E-state index < -0.39 is 5.79 Å². The summed E-state index contributed by atoms with van der Waals surface area (Å²) in [4.78, 5) is 13.6. The molecule has 0 amide bonds. The predicted octanol–water partition coefficient (Wildman–Crippen LogP) is 3.95. The first-order chi connectivity index (χ1) is 12.8. The number of carbonyl (C=O) groups is 1. The number of ketones is 1. The normalized spacial score (nSPS) is 54.3. The summed E-state index contributed by atoms with van der Waals surface area (Å²) >= 11 is 0. The third-order valence-electron chi connectivity index (χ3n) is 9.81. The minimum atomic E-state index is -0.507. The second kappa shape index (κ2) is 6.03. The Balaban J connectivity index is 1.47. The molecule has 0 spiro atoms. The number of ether oxygens (including phenoxy) is 2. The second-order valence-corrected chi connectivity index (χ2v) is 10.9. The third-order valence-corrected chi connectivity index (χ3v) is 9.81. The van der Waals surface area contributed by atoms with Crippen LogP contribution >= 0.6 is 0 Å². The van der Waals surface area contributed by atoms with Gasteiger partial charge < -0.3 is 14.6 Å². The number of fused-ring (bicyclic) bond motifs is 5. The van der Waals surface area contributed by atoms with E-state index >= 15 is 0 Å². The molecule has 4 nitrogen and oxygen atoms in total. The first-order valence-electron chi connectivity index (χ1n) is 11.3. The zero-order valence-electron chi connectivity index (χ0n) is 17.2. The van der Waals surface area contributed by atoms with Crippen LogP contribution in [-0.2, 0) is 14.3 Å². The largest absolute Gasteiger partial charge is 0.393 e. The van der Waals surface area contributed by atoms with Crippen molar-refractivity contribution in [1.29, 1.82) is 0 Å². The Morgan fingerprint density at radius 3 is 2.44 bits per heavy atom. The maximum atomic E-state index is 13.6. The molecule has 1 N–H and O–H groups in total. The topological polar surface area (TPSA) is 55.8 Å². The molecule has 27 heavy (non-hydrogen) atoms. The van der Waals surface area contributed by atoms with Gasteiger partial charge in [0, 0.05) is 18.3 Å². The molecule has 4 heteroatoms. The first kappa shape index (κ1) is 18.6. The second-order valence-electron chi connectivity index (χ2n) is 10.9. The van der Waals surface area contributed by atoms with Crippen LogP contribution in [0.25, 0.3) is 0 Å². The number of rotatable bonds is 1. The quantitative estimate of drug-likeness (QED) is 0.753. The summed E-state index contributed by atoms with van der Waals surface area (Å²) in [5, 5.41) is 10.2. The number of Topliss-reactive ketones (excluding diaryl/α,β-unsaturated/α-hetero) is 1. The standard InChI is InChI=1S/C23H36O4/c1-21-9-8-15(24)12-14(21)4-5-16-17-6-7-19(23(3)26-10-11-27-23)22(17,2)13-18(25)20(16)21/h14-17,19-20,24H,4-13H2,1-3H3/t14-,15-,16+,17-,19-,20-,21+,22+/m1/s1. The van der Waals surface area contributed by atoms with E-state index in [1.807, 2.05) is 0 Å². The van der Waals surface area contributed by atoms with Crippen LogP contribution in [0.3, 0.4) is 0 Å². The van der Waals surface area contributed by atoms with Crippen molar-refractivity contribution >= 4 is 5.78 Å². The van der Waals surface area contributed by atoms with Gasteiger partial charge in [-0.25, -0.2) is 0 Å². The molecular formula is C23H36O4. The summed E-state index contributed by atoms with van der Waals surface area (Å²) in [5.41, 5.74) is 0.109. The summed E-state index contributed by atoms with van der Waals surface area (Å²) < 4.78 is 12.1. The van der Waals surface area contributed by atoms with Crippen molar-refractivity contribution in [2.45, 2.75) is 84.0 Å². The van der Waals surface area contributed by atoms with Gasteiger partial charge in [-0.1, -0.05) is 13.8 Å². The SMILES string of the molecule is CC1([C@@H]2CC[C@@H]3[C@@H]4CC[C@@H]5C[C@H](O)CC[C@]5(C)[C@H]4C(=O)C[C@@]32C)OCCO1. The highest BCUT2D eigenvalue weighted by Gasteiger charge is 2.66. The van der Waals surface area contributed by atoms with Gasteiger partial charge in [0.2, 0.25) is 0 Å². The summed E-state index contributed by atoms with van der Waals surface area (Å²) in [5.74, 6) is 2.16. The van der Waals surface area contributed by atoms with Crippen molar-refractivity contribution < 1.29 is 19.4 Å². The number of aliphatic hydroxyl groups excluding tert-OH is 1. The average molecular weight is 377 g/mol. The van der Waals surface area contributed by atoms with Crippen molar-refractivity contribution in [2.75, 3.05) is 13.2 Å². The molecule has 5 fully saturated rings. The zero-order chi connectivity index (χ0) is 19.0. The molecule has 4 aliphatic carbocycles. The van der Waals surface area contributed by atoms with Crippen molar-refractivity contribution in [3.63, 3.8) is 0 Å². The Bertz CT molecular complexity index is 626. The van der Waals surface area contributed by atoms with Gasteiger partial charge in [0.1, 0.15) is 5.78 Å². The summed E-state index contributed by atoms with van der Waals surface area (Å²) in [7, 11) is 0. The van der Waals surface area contributed by atoms with Crippen LogP contribution in [0.1, 0.15) is 72.1 Å². The molecule has 1 heterocycles. The van der Waals surface area contributed by atoms with Crippen molar-refractivity contribution in [3.8, 4) is 0 Å². The number of carbonyl (C=O) groups excluding carboxylic acids is 1. The van der Waals surface area contributed by atoms with E-state index in [2.05, 4.69) is 20.8 Å². The van der Waals surface area contributed by atoms with Gasteiger partial charge in [0.05, 0.1) is 19.3 Å². The highest BCUT2D eigenvalue weighted by Crippen LogP contribution is 2.68. The van der Waals surface area contributed by atoms with Crippen LogP contribution in [0.4, 0.5) is 0 Å². The molecule has 0 radical (unpaired) electrons. The molecule has 5 rings (SSSR count).